The van der Waals surface area contributed by atoms with Crippen molar-refractivity contribution in [3.8, 4) is 0 Å². The maximum Gasteiger partial charge on any atom is 0.253 e. The van der Waals surface area contributed by atoms with Crippen LogP contribution in [-0.2, 0) is 4.79 Å². The number of carbonyl (C=O) groups is 2. The summed E-state index contributed by atoms with van der Waals surface area (Å²) in [4.78, 5) is 26.4. The third-order valence-corrected chi connectivity index (χ3v) is 4.38. The Morgan fingerprint density at radius 2 is 1.52 bits per heavy atom. The Morgan fingerprint density at radius 1 is 0.920 bits per heavy atom. The lowest BCUT2D eigenvalue weighted by molar-refractivity contribution is -0.121. The smallest absolute Gasteiger partial charge is 0.253 e. The van der Waals surface area contributed by atoms with Crippen LogP contribution >= 0.6 is 0 Å². The van der Waals surface area contributed by atoms with E-state index in [2.05, 4.69) is 5.32 Å². The van der Waals surface area contributed by atoms with E-state index in [0.717, 1.165) is 12.1 Å². The van der Waals surface area contributed by atoms with Gasteiger partial charge in [0.25, 0.3) is 5.91 Å². The highest BCUT2D eigenvalue weighted by Crippen LogP contribution is 2.23. The Morgan fingerprint density at radius 3 is 2.12 bits per heavy atom. The summed E-state index contributed by atoms with van der Waals surface area (Å²) in [7, 11) is 0. The van der Waals surface area contributed by atoms with Crippen LogP contribution in [0, 0.1) is 17.6 Å². The number of para-hydroxylation sites is 1. The zero-order chi connectivity index (χ0) is 17.8. The summed E-state index contributed by atoms with van der Waals surface area (Å²) in [5.74, 6) is -2.47. The number of piperidine rings is 1. The molecule has 0 aliphatic carbocycles. The highest BCUT2D eigenvalue weighted by molar-refractivity contribution is 5.95. The molecule has 3 rings (SSSR count). The maximum atomic E-state index is 13.6. The minimum Gasteiger partial charge on any atom is -0.339 e. The van der Waals surface area contributed by atoms with E-state index in [-0.39, 0.29) is 11.8 Å². The molecular formula is C19H18F2N2O2. The molecule has 0 bridgehead atoms. The fraction of sp³-hybridized carbons (Fsp3) is 0.263. The van der Waals surface area contributed by atoms with Gasteiger partial charge in [-0.3, -0.25) is 9.59 Å². The van der Waals surface area contributed by atoms with E-state index in [0.29, 0.717) is 31.5 Å². The second kappa shape index (κ2) is 7.42. The topological polar surface area (TPSA) is 49.4 Å². The summed E-state index contributed by atoms with van der Waals surface area (Å²) in [5, 5.41) is 2.33. The Bertz CT molecular complexity index is 752. The van der Waals surface area contributed by atoms with E-state index in [1.54, 1.807) is 29.2 Å². The lowest BCUT2D eigenvalue weighted by Crippen LogP contribution is -2.41. The molecule has 2 amide bonds. The van der Waals surface area contributed by atoms with Crippen molar-refractivity contribution in [1.29, 1.82) is 0 Å². The first-order chi connectivity index (χ1) is 12.1. The molecule has 0 radical (unpaired) electrons. The Hall–Kier alpha value is -2.76. The van der Waals surface area contributed by atoms with Crippen LogP contribution in [0.1, 0.15) is 23.2 Å². The standard InChI is InChI=1S/C19H18F2N2O2/c20-15-7-4-8-16(21)17(15)22-18(24)13-9-11-23(12-10-13)19(25)14-5-2-1-3-6-14/h1-8,13H,9-12H2,(H,22,24). The van der Waals surface area contributed by atoms with Gasteiger partial charge >= 0.3 is 0 Å². The van der Waals surface area contributed by atoms with Crippen molar-refractivity contribution < 1.29 is 18.4 Å². The highest BCUT2D eigenvalue weighted by atomic mass is 19.1. The molecule has 2 aromatic rings. The third kappa shape index (κ3) is 3.84. The number of rotatable bonds is 3. The van der Waals surface area contributed by atoms with Gasteiger partial charge in [-0.15, -0.1) is 0 Å². The third-order valence-electron chi connectivity index (χ3n) is 4.38. The number of nitrogens with one attached hydrogen (secondary N) is 1. The van der Waals surface area contributed by atoms with Gasteiger partial charge in [-0.1, -0.05) is 24.3 Å². The van der Waals surface area contributed by atoms with Crippen molar-refractivity contribution in [3.63, 3.8) is 0 Å². The quantitative estimate of drug-likeness (QED) is 0.927. The molecule has 1 aliphatic rings. The SMILES string of the molecule is O=C(Nc1c(F)cccc1F)C1CCN(C(=O)c2ccccc2)CC1. The molecule has 0 unspecified atom stereocenters. The van der Waals surface area contributed by atoms with Gasteiger partial charge in [0.05, 0.1) is 0 Å². The number of likely N-dealkylation sites (tertiary alicyclic amines) is 1. The van der Waals surface area contributed by atoms with Gasteiger partial charge in [-0.2, -0.15) is 0 Å². The predicted molar refractivity (Wildman–Crippen MR) is 90.1 cm³/mol. The zero-order valence-electron chi connectivity index (χ0n) is 13.5. The molecule has 1 aliphatic heterocycles. The summed E-state index contributed by atoms with van der Waals surface area (Å²) >= 11 is 0. The fourth-order valence-electron chi connectivity index (χ4n) is 2.95. The van der Waals surface area contributed by atoms with Crippen LogP contribution in [0.2, 0.25) is 0 Å². The maximum absolute atomic E-state index is 13.6. The van der Waals surface area contributed by atoms with E-state index < -0.39 is 23.2 Å². The fourth-order valence-corrected chi connectivity index (χ4v) is 2.95. The van der Waals surface area contributed by atoms with Gasteiger partial charge < -0.3 is 10.2 Å². The summed E-state index contributed by atoms with van der Waals surface area (Å²) < 4.78 is 27.3. The number of hydrogen-bond acceptors (Lipinski definition) is 2. The minimum atomic E-state index is -0.801. The second-order valence-corrected chi connectivity index (χ2v) is 6.02. The van der Waals surface area contributed by atoms with Crippen molar-refractivity contribution in [2.24, 2.45) is 5.92 Å². The van der Waals surface area contributed by atoms with Crippen molar-refractivity contribution in [1.82, 2.24) is 4.90 Å². The molecule has 130 valence electrons. The van der Waals surface area contributed by atoms with Crippen molar-refractivity contribution in [2.45, 2.75) is 12.8 Å². The minimum absolute atomic E-state index is 0.0698. The molecule has 2 aromatic carbocycles. The number of anilines is 1. The van der Waals surface area contributed by atoms with Gasteiger partial charge in [0.1, 0.15) is 17.3 Å². The highest BCUT2D eigenvalue weighted by Gasteiger charge is 2.28. The molecule has 0 atom stereocenters. The summed E-state index contributed by atoms with van der Waals surface area (Å²) in [6.07, 6.45) is 0.918. The molecule has 0 saturated carbocycles. The monoisotopic (exact) mass is 344 g/mol. The number of benzene rings is 2. The van der Waals surface area contributed by atoms with E-state index in [9.17, 15) is 18.4 Å². The predicted octanol–water partition coefficient (Wildman–Crippen LogP) is 3.46. The number of amides is 2. The largest absolute Gasteiger partial charge is 0.339 e. The van der Waals surface area contributed by atoms with Gasteiger partial charge in [0.15, 0.2) is 0 Å². The Kier molecular flexibility index (Phi) is 5.07. The van der Waals surface area contributed by atoms with Gasteiger partial charge in [0, 0.05) is 24.6 Å². The van der Waals surface area contributed by atoms with Crippen LogP contribution in [-0.4, -0.2) is 29.8 Å². The number of halogens is 2. The summed E-state index contributed by atoms with van der Waals surface area (Å²) in [6, 6.07) is 12.4. The summed E-state index contributed by atoms with van der Waals surface area (Å²) in [5.41, 5.74) is 0.189. The molecule has 0 aromatic heterocycles. The van der Waals surface area contributed by atoms with Crippen molar-refractivity contribution in [2.75, 3.05) is 18.4 Å². The molecule has 25 heavy (non-hydrogen) atoms. The van der Waals surface area contributed by atoms with Crippen LogP contribution in [0.25, 0.3) is 0 Å². The molecule has 6 heteroatoms. The summed E-state index contributed by atoms with van der Waals surface area (Å²) in [6.45, 7) is 0.872. The van der Waals surface area contributed by atoms with Crippen LogP contribution in [0.15, 0.2) is 48.5 Å². The Balaban J connectivity index is 1.59. The molecule has 1 N–H and O–H groups in total. The van der Waals surface area contributed by atoms with E-state index in [1.807, 2.05) is 6.07 Å². The van der Waals surface area contributed by atoms with Crippen LogP contribution < -0.4 is 5.32 Å². The number of nitrogens with zero attached hydrogens (tertiary/aromatic N) is 1. The average molecular weight is 344 g/mol. The average Bonchev–Trinajstić information content (AvgIpc) is 2.65. The molecule has 1 heterocycles. The van der Waals surface area contributed by atoms with Crippen LogP contribution in [0.5, 0.6) is 0 Å². The number of carbonyl (C=O) groups excluding carboxylic acids is 2. The lowest BCUT2D eigenvalue weighted by Gasteiger charge is -2.31. The molecule has 1 fully saturated rings. The number of hydrogen-bond donors (Lipinski definition) is 1. The van der Waals surface area contributed by atoms with Crippen LogP contribution in [0.3, 0.4) is 0 Å². The molecular weight excluding hydrogens is 326 g/mol. The first-order valence-electron chi connectivity index (χ1n) is 8.15. The van der Waals surface area contributed by atoms with Gasteiger partial charge in [0.2, 0.25) is 5.91 Å². The zero-order valence-corrected chi connectivity index (χ0v) is 13.5. The molecule has 0 spiro atoms. The lowest BCUT2D eigenvalue weighted by atomic mass is 9.95. The van der Waals surface area contributed by atoms with Crippen LogP contribution in [0.4, 0.5) is 14.5 Å². The van der Waals surface area contributed by atoms with E-state index >= 15 is 0 Å². The normalized spacial score (nSPS) is 15.0. The van der Waals surface area contributed by atoms with E-state index in [1.165, 1.54) is 6.07 Å². The Labute approximate surface area is 144 Å². The first-order valence-corrected chi connectivity index (χ1v) is 8.15. The van der Waals surface area contributed by atoms with E-state index in [4.69, 9.17) is 0 Å². The second-order valence-electron chi connectivity index (χ2n) is 6.02. The van der Waals surface area contributed by atoms with Crippen molar-refractivity contribution in [3.05, 3.63) is 65.7 Å². The van der Waals surface area contributed by atoms with Crippen molar-refractivity contribution >= 4 is 17.5 Å². The molecule has 1 saturated heterocycles. The first kappa shape index (κ1) is 17.1. The van der Waals surface area contributed by atoms with Gasteiger partial charge in [-0.25, -0.2) is 8.78 Å². The van der Waals surface area contributed by atoms with Gasteiger partial charge in [-0.05, 0) is 37.1 Å². The molecule has 4 nitrogen and oxygen atoms in total.